The van der Waals surface area contributed by atoms with Crippen LogP contribution >= 0.6 is 38.9 Å². The van der Waals surface area contributed by atoms with E-state index < -0.39 is 0 Å². The normalized spacial score (nSPS) is 10.6. The summed E-state index contributed by atoms with van der Waals surface area (Å²) in [6.07, 6.45) is 0.916. The average molecular weight is 388 g/mol. The fourth-order valence-electron chi connectivity index (χ4n) is 1.82. The van der Waals surface area contributed by atoms with E-state index in [0.29, 0.717) is 11.6 Å². The zero-order chi connectivity index (χ0) is 15.2. The van der Waals surface area contributed by atoms with Crippen molar-refractivity contribution in [1.82, 2.24) is 5.32 Å². The summed E-state index contributed by atoms with van der Waals surface area (Å²) < 4.78 is 1.13. The van der Waals surface area contributed by atoms with Crippen LogP contribution in [0.3, 0.4) is 0 Å². The third kappa shape index (κ3) is 5.43. The Hall–Kier alpha value is -0.880. The number of thiophene rings is 1. The number of anilines is 1. The fraction of sp³-hybridized carbons (Fsp3) is 0.267. The van der Waals surface area contributed by atoms with Crippen molar-refractivity contribution in [3.63, 3.8) is 0 Å². The molecule has 0 aliphatic carbocycles. The van der Waals surface area contributed by atoms with E-state index in [4.69, 9.17) is 11.6 Å². The van der Waals surface area contributed by atoms with Gasteiger partial charge in [-0.05, 0) is 59.1 Å². The topological polar surface area (TPSA) is 41.1 Å². The number of amides is 1. The van der Waals surface area contributed by atoms with E-state index in [-0.39, 0.29) is 5.91 Å². The predicted octanol–water partition coefficient (Wildman–Crippen LogP) is 4.24. The van der Waals surface area contributed by atoms with Gasteiger partial charge in [-0.3, -0.25) is 4.79 Å². The molecule has 3 nitrogen and oxygen atoms in total. The van der Waals surface area contributed by atoms with Crippen LogP contribution in [0.4, 0.5) is 5.69 Å². The number of aryl methyl sites for hydroxylation is 1. The van der Waals surface area contributed by atoms with Gasteiger partial charge in [-0.1, -0.05) is 17.7 Å². The summed E-state index contributed by atoms with van der Waals surface area (Å²) in [6, 6.07) is 9.59. The number of halogens is 2. The first kappa shape index (κ1) is 16.5. The van der Waals surface area contributed by atoms with Gasteiger partial charge in [0.15, 0.2) is 0 Å². The number of hydrogen-bond acceptors (Lipinski definition) is 3. The molecule has 0 saturated carbocycles. The monoisotopic (exact) mass is 386 g/mol. The molecule has 2 rings (SSSR count). The minimum absolute atomic E-state index is 0.0623. The van der Waals surface area contributed by atoms with Crippen LogP contribution in [-0.4, -0.2) is 19.0 Å². The molecule has 1 heterocycles. The molecule has 112 valence electrons. The summed E-state index contributed by atoms with van der Waals surface area (Å²) in [4.78, 5) is 13.2. The van der Waals surface area contributed by atoms with Crippen LogP contribution < -0.4 is 10.6 Å². The third-order valence-corrected chi connectivity index (χ3v) is 4.85. The highest BCUT2D eigenvalue weighted by atomic mass is 79.9. The summed E-state index contributed by atoms with van der Waals surface area (Å²) in [5.74, 6) is -0.0623. The highest BCUT2D eigenvalue weighted by molar-refractivity contribution is 9.11. The Balaban J connectivity index is 1.73. The van der Waals surface area contributed by atoms with Crippen LogP contribution in [0.15, 0.2) is 34.1 Å². The Labute approximate surface area is 141 Å². The Bertz CT molecular complexity index is 630. The third-order valence-electron chi connectivity index (χ3n) is 2.94. The van der Waals surface area contributed by atoms with Crippen molar-refractivity contribution >= 4 is 50.5 Å². The van der Waals surface area contributed by atoms with Crippen LogP contribution in [0.25, 0.3) is 0 Å². The molecule has 21 heavy (non-hydrogen) atoms. The van der Waals surface area contributed by atoms with Crippen molar-refractivity contribution in [3.05, 3.63) is 49.6 Å². The summed E-state index contributed by atoms with van der Waals surface area (Å²) in [5, 5.41) is 6.62. The van der Waals surface area contributed by atoms with Crippen LogP contribution in [-0.2, 0) is 11.2 Å². The molecule has 0 spiro atoms. The van der Waals surface area contributed by atoms with E-state index in [9.17, 15) is 4.79 Å². The molecule has 0 unspecified atom stereocenters. The van der Waals surface area contributed by atoms with Gasteiger partial charge < -0.3 is 10.6 Å². The van der Waals surface area contributed by atoms with Crippen molar-refractivity contribution in [2.45, 2.75) is 13.3 Å². The number of rotatable bonds is 6. The number of benzene rings is 1. The van der Waals surface area contributed by atoms with Gasteiger partial charge in [-0.2, -0.15) is 0 Å². The van der Waals surface area contributed by atoms with E-state index in [0.717, 1.165) is 28.0 Å². The molecule has 1 amide bonds. The van der Waals surface area contributed by atoms with Crippen LogP contribution in [0.2, 0.25) is 5.02 Å². The highest BCUT2D eigenvalue weighted by Gasteiger charge is 2.05. The van der Waals surface area contributed by atoms with E-state index in [1.165, 1.54) is 4.88 Å². The van der Waals surface area contributed by atoms with Crippen molar-refractivity contribution in [1.29, 1.82) is 0 Å². The molecule has 0 radical (unpaired) electrons. The highest BCUT2D eigenvalue weighted by Crippen LogP contribution is 2.22. The molecule has 0 fully saturated rings. The molecule has 2 N–H and O–H groups in total. The summed E-state index contributed by atoms with van der Waals surface area (Å²) in [7, 11) is 0. The Kier molecular flexibility index (Phi) is 6.23. The molecule has 0 atom stereocenters. The maximum atomic E-state index is 11.9. The molecule has 6 heteroatoms. The minimum Gasteiger partial charge on any atom is -0.325 e. The molecular weight excluding hydrogens is 372 g/mol. The SMILES string of the molecule is Cc1ccc(Cl)cc1NC(=O)CNCCc1ccc(Br)s1. The largest absolute Gasteiger partial charge is 0.325 e. The molecule has 0 aliphatic heterocycles. The van der Waals surface area contributed by atoms with E-state index in [1.54, 1.807) is 17.4 Å². The second-order valence-electron chi connectivity index (χ2n) is 4.64. The smallest absolute Gasteiger partial charge is 0.238 e. The zero-order valence-electron chi connectivity index (χ0n) is 11.6. The van der Waals surface area contributed by atoms with Gasteiger partial charge >= 0.3 is 0 Å². The molecule has 0 aliphatic rings. The maximum absolute atomic E-state index is 11.9. The summed E-state index contributed by atoms with van der Waals surface area (Å²) >= 11 is 11.1. The number of nitrogens with one attached hydrogen (secondary N) is 2. The minimum atomic E-state index is -0.0623. The molecule has 1 aromatic heterocycles. The lowest BCUT2D eigenvalue weighted by atomic mass is 10.2. The molecule has 0 bridgehead atoms. The van der Waals surface area contributed by atoms with Gasteiger partial charge in [0.25, 0.3) is 0 Å². The van der Waals surface area contributed by atoms with E-state index in [1.807, 2.05) is 25.1 Å². The van der Waals surface area contributed by atoms with Gasteiger partial charge in [0, 0.05) is 22.1 Å². The zero-order valence-corrected chi connectivity index (χ0v) is 14.7. The standard InChI is InChI=1S/C15H16BrClN2OS/c1-10-2-3-11(17)8-13(10)19-15(20)9-18-7-6-12-4-5-14(16)21-12/h2-5,8,18H,6-7,9H2,1H3,(H,19,20). The fourth-order valence-corrected chi connectivity index (χ4v) is 3.48. The quantitative estimate of drug-likeness (QED) is 0.728. The Morgan fingerprint density at radius 3 is 2.86 bits per heavy atom. The lowest BCUT2D eigenvalue weighted by Crippen LogP contribution is -2.29. The van der Waals surface area contributed by atoms with Crippen molar-refractivity contribution in [2.75, 3.05) is 18.4 Å². The lowest BCUT2D eigenvalue weighted by Gasteiger charge is -2.09. The first-order valence-corrected chi connectivity index (χ1v) is 8.54. The summed E-state index contributed by atoms with van der Waals surface area (Å²) in [6.45, 7) is 3.00. The second kappa shape index (κ2) is 7.94. The second-order valence-corrected chi connectivity index (χ2v) is 7.62. The Morgan fingerprint density at radius 1 is 1.33 bits per heavy atom. The molecule has 1 aromatic carbocycles. The van der Waals surface area contributed by atoms with Gasteiger partial charge in [-0.15, -0.1) is 11.3 Å². The Morgan fingerprint density at radius 2 is 2.14 bits per heavy atom. The van der Waals surface area contributed by atoms with Crippen molar-refractivity contribution < 1.29 is 4.79 Å². The van der Waals surface area contributed by atoms with E-state index in [2.05, 4.69) is 32.6 Å². The van der Waals surface area contributed by atoms with Gasteiger partial charge in [-0.25, -0.2) is 0 Å². The first-order chi connectivity index (χ1) is 10.0. The first-order valence-electron chi connectivity index (χ1n) is 6.55. The maximum Gasteiger partial charge on any atom is 0.238 e. The summed E-state index contributed by atoms with van der Waals surface area (Å²) in [5.41, 5.74) is 1.76. The molecular formula is C15H16BrClN2OS. The van der Waals surface area contributed by atoms with Gasteiger partial charge in [0.1, 0.15) is 0 Å². The lowest BCUT2D eigenvalue weighted by molar-refractivity contribution is -0.115. The number of hydrogen-bond donors (Lipinski definition) is 2. The number of carbonyl (C=O) groups is 1. The predicted molar refractivity (Wildman–Crippen MR) is 93.4 cm³/mol. The molecule has 2 aromatic rings. The number of carbonyl (C=O) groups excluding carboxylic acids is 1. The van der Waals surface area contributed by atoms with Crippen molar-refractivity contribution in [2.24, 2.45) is 0 Å². The van der Waals surface area contributed by atoms with Gasteiger partial charge in [0.05, 0.1) is 10.3 Å². The van der Waals surface area contributed by atoms with Crippen LogP contribution in [0.5, 0.6) is 0 Å². The van der Waals surface area contributed by atoms with Crippen LogP contribution in [0, 0.1) is 6.92 Å². The molecule has 0 saturated heterocycles. The van der Waals surface area contributed by atoms with Gasteiger partial charge in [0.2, 0.25) is 5.91 Å². The average Bonchev–Trinajstić information content (AvgIpc) is 2.85. The van der Waals surface area contributed by atoms with Crippen molar-refractivity contribution in [3.8, 4) is 0 Å². The van der Waals surface area contributed by atoms with E-state index >= 15 is 0 Å². The van der Waals surface area contributed by atoms with Crippen LogP contribution in [0.1, 0.15) is 10.4 Å².